The Bertz CT molecular complexity index is 635. The number of hydrogen-bond donors (Lipinski definition) is 1. The average molecular weight is 352 g/mol. The molecule has 0 saturated carbocycles. The summed E-state index contributed by atoms with van der Waals surface area (Å²) in [6, 6.07) is 4.17. The van der Waals surface area contributed by atoms with Gasteiger partial charge in [-0.25, -0.2) is 0 Å². The molecule has 1 aliphatic rings. The lowest BCUT2D eigenvalue weighted by atomic mass is 9.96. The lowest BCUT2D eigenvalue weighted by Crippen LogP contribution is -2.34. The Morgan fingerprint density at radius 2 is 2.00 bits per heavy atom. The molecule has 126 valence electrons. The van der Waals surface area contributed by atoms with Gasteiger partial charge in [0.1, 0.15) is 5.75 Å². The minimum Gasteiger partial charge on any atom is -0.496 e. The van der Waals surface area contributed by atoms with Gasteiger partial charge in [-0.15, -0.1) is 0 Å². The number of carboxylic acids is 1. The number of rotatable bonds is 3. The van der Waals surface area contributed by atoms with Crippen LogP contribution in [0.2, 0.25) is 5.02 Å². The molecular weight excluding hydrogens is 339 g/mol. The molecule has 1 N–H and O–H groups in total. The summed E-state index contributed by atoms with van der Waals surface area (Å²) in [7, 11) is 1.31. The van der Waals surface area contributed by atoms with E-state index in [0.29, 0.717) is 0 Å². The highest BCUT2D eigenvalue weighted by atomic mass is 35.5. The maximum atomic E-state index is 13.0. The number of carbonyl (C=O) groups excluding carboxylic acids is 1. The van der Waals surface area contributed by atoms with Crippen LogP contribution in [0.3, 0.4) is 0 Å². The fraction of sp³-hybridized carbons (Fsp3) is 0.429. The van der Waals surface area contributed by atoms with E-state index in [-0.39, 0.29) is 16.3 Å². The highest BCUT2D eigenvalue weighted by Gasteiger charge is 2.53. The number of carbonyl (C=O) groups is 2. The van der Waals surface area contributed by atoms with Crippen molar-refractivity contribution in [3.8, 4) is 5.75 Å². The highest BCUT2D eigenvalue weighted by Crippen LogP contribution is 2.38. The quantitative estimate of drug-likeness (QED) is 0.909. The third kappa shape index (κ3) is 3.52. The minimum atomic E-state index is -4.70. The van der Waals surface area contributed by atoms with Gasteiger partial charge < -0.3 is 14.7 Å². The molecule has 0 radical (unpaired) electrons. The van der Waals surface area contributed by atoms with Gasteiger partial charge in [0.2, 0.25) is 0 Å². The van der Waals surface area contributed by atoms with Crippen LogP contribution in [-0.2, 0) is 4.79 Å². The van der Waals surface area contributed by atoms with Crippen LogP contribution < -0.4 is 4.74 Å². The average Bonchev–Trinajstić information content (AvgIpc) is 2.92. The molecule has 1 heterocycles. The second kappa shape index (κ2) is 6.27. The monoisotopic (exact) mass is 351 g/mol. The first-order valence-corrected chi connectivity index (χ1v) is 6.95. The first kappa shape index (κ1) is 17.4. The number of alkyl halides is 3. The summed E-state index contributed by atoms with van der Waals surface area (Å²) in [6.45, 7) is -1.23. The van der Waals surface area contributed by atoms with Crippen molar-refractivity contribution in [3.05, 3.63) is 28.8 Å². The molecule has 0 unspecified atom stereocenters. The molecule has 9 heteroatoms. The van der Waals surface area contributed by atoms with E-state index in [1.165, 1.54) is 25.3 Å². The van der Waals surface area contributed by atoms with Gasteiger partial charge in [-0.1, -0.05) is 11.6 Å². The smallest absolute Gasteiger partial charge is 0.394 e. The second-order valence-corrected chi connectivity index (χ2v) is 5.58. The van der Waals surface area contributed by atoms with Crippen molar-refractivity contribution < 1.29 is 32.6 Å². The molecular formula is C14H13ClF3NO4. The van der Waals surface area contributed by atoms with Crippen LogP contribution in [0.1, 0.15) is 10.4 Å². The number of ether oxygens (including phenoxy) is 1. The Balaban J connectivity index is 2.31. The van der Waals surface area contributed by atoms with Gasteiger partial charge in [-0.2, -0.15) is 13.2 Å². The first-order valence-electron chi connectivity index (χ1n) is 6.57. The molecule has 0 aliphatic carbocycles. The number of aliphatic carboxylic acids is 1. The number of halogens is 4. The van der Waals surface area contributed by atoms with Crippen molar-refractivity contribution in [2.75, 3.05) is 20.2 Å². The Labute approximate surface area is 134 Å². The predicted octanol–water partition coefficient (Wildman–Crippen LogP) is 2.68. The summed E-state index contributed by atoms with van der Waals surface area (Å²) in [4.78, 5) is 24.4. The molecule has 5 nitrogen and oxygen atoms in total. The van der Waals surface area contributed by atoms with Crippen molar-refractivity contribution in [1.29, 1.82) is 0 Å². The SMILES string of the molecule is COc1ccc(Cl)cc1C(=O)N1C[C@@H](C(F)(F)F)[C@H](C(=O)O)C1. The fourth-order valence-corrected chi connectivity index (χ4v) is 2.74. The molecule has 1 aromatic carbocycles. The summed E-state index contributed by atoms with van der Waals surface area (Å²) in [5.41, 5.74) is -0.00744. The molecule has 2 rings (SSSR count). The zero-order valence-electron chi connectivity index (χ0n) is 11.9. The topological polar surface area (TPSA) is 66.8 Å². The van der Waals surface area contributed by atoms with Crippen molar-refractivity contribution >= 4 is 23.5 Å². The summed E-state index contributed by atoms with van der Waals surface area (Å²) in [6.07, 6.45) is -4.70. The molecule has 23 heavy (non-hydrogen) atoms. The Hall–Kier alpha value is -1.96. The van der Waals surface area contributed by atoms with Crippen molar-refractivity contribution in [3.63, 3.8) is 0 Å². The number of amides is 1. The van der Waals surface area contributed by atoms with E-state index in [2.05, 4.69) is 0 Å². The van der Waals surface area contributed by atoms with Crippen LogP contribution in [0.5, 0.6) is 5.75 Å². The lowest BCUT2D eigenvalue weighted by Gasteiger charge is -2.19. The fourth-order valence-electron chi connectivity index (χ4n) is 2.57. The molecule has 0 spiro atoms. The normalized spacial score (nSPS) is 21.3. The molecule has 2 atom stereocenters. The van der Waals surface area contributed by atoms with Gasteiger partial charge in [0, 0.05) is 18.1 Å². The van der Waals surface area contributed by atoms with Crippen molar-refractivity contribution in [1.82, 2.24) is 4.90 Å². The van der Waals surface area contributed by atoms with Crippen LogP contribution in [0.15, 0.2) is 18.2 Å². The molecule has 1 fully saturated rings. The van der Waals surface area contributed by atoms with Crippen LogP contribution in [0.4, 0.5) is 13.2 Å². The third-order valence-electron chi connectivity index (χ3n) is 3.74. The molecule has 0 aromatic heterocycles. The van der Waals surface area contributed by atoms with Gasteiger partial charge in [0.25, 0.3) is 5.91 Å². The summed E-state index contributed by atoms with van der Waals surface area (Å²) >= 11 is 5.80. The minimum absolute atomic E-state index is 0.00744. The maximum absolute atomic E-state index is 13.0. The van der Waals surface area contributed by atoms with Crippen molar-refractivity contribution in [2.24, 2.45) is 11.8 Å². The third-order valence-corrected chi connectivity index (χ3v) is 3.97. The van der Waals surface area contributed by atoms with Gasteiger partial charge in [0.05, 0.1) is 24.5 Å². The molecule has 1 amide bonds. The summed E-state index contributed by atoms with van der Waals surface area (Å²) in [5.74, 6) is -5.97. The van der Waals surface area contributed by atoms with E-state index in [1.807, 2.05) is 0 Å². The van der Waals surface area contributed by atoms with E-state index in [0.717, 1.165) is 4.90 Å². The van der Waals surface area contributed by atoms with E-state index >= 15 is 0 Å². The molecule has 1 aliphatic heterocycles. The number of nitrogens with zero attached hydrogens (tertiary/aromatic N) is 1. The zero-order chi connectivity index (χ0) is 17.4. The van der Waals surface area contributed by atoms with Crippen LogP contribution >= 0.6 is 11.6 Å². The van der Waals surface area contributed by atoms with E-state index in [1.54, 1.807) is 0 Å². The maximum Gasteiger partial charge on any atom is 0.394 e. The van der Waals surface area contributed by atoms with E-state index in [9.17, 15) is 22.8 Å². The summed E-state index contributed by atoms with van der Waals surface area (Å²) in [5, 5.41) is 9.20. The number of likely N-dealkylation sites (tertiary alicyclic amines) is 1. The Morgan fingerprint density at radius 1 is 1.35 bits per heavy atom. The van der Waals surface area contributed by atoms with Crippen molar-refractivity contribution in [2.45, 2.75) is 6.18 Å². The number of methoxy groups -OCH3 is 1. The van der Waals surface area contributed by atoms with Gasteiger partial charge >= 0.3 is 12.1 Å². The number of hydrogen-bond acceptors (Lipinski definition) is 3. The lowest BCUT2D eigenvalue weighted by molar-refractivity contribution is -0.187. The number of carboxylic acid groups (broad SMARTS) is 1. The molecule has 1 saturated heterocycles. The molecule has 1 aromatic rings. The van der Waals surface area contributed by atoms with Crippen LogP contribution in [-0.4, -0.2) is 48.3 Å². The summed E-state index contributed by atoms with van der Waals surface area (Å²) < 4.78 is 43.9. The van der Waals surface area contributed by atoms with Gasteiger partial charge in [0.15, 0.2) is 0 Å². The van der Waals surface area contributed by atoms with Crippen LogP contribution in [0, 0.1) is 11.8 Å². The van der Waals surface area contributed by atoms with Crippen LogP contribution in [0.25, 0.3) is 0 Å². The second-order valence-electron chi connectivity index (χ2n) is 5.15. The largest absolute Gasteiger partial charge is 0.496 e. The standard InChI is InChI=1S/C14H13ClF3NO4/c1-23-11-3-2-7(15)4-8(11)12(20)19-5-9(13(21)22)10(6-19)14(16,17)18/h2-4,9-10H,5-6H2,1H3,(H,21,22)/t9-,10-/m1/s1. The molecule has 0 bridgehead atoms. The van der Waals surface area contributed by atoms with Gasteiger partial charge in [-0.3, -0.25) is 9.59 Å². The zero-order valence-corrected chi connectivity index (χ0v) is 12.7. The van der Waals surface area contributed by atoms with E-state index < -0.39 is 43.0 Å². The van der Waals surface area contributed by atoms with E-state index in [4.69, 9.17) is 21.4 Å². The highest BCUT2D eigenvalue weighted by molar-refractivity contribution is 6.31. The Morgan fingerprint density at radius 3 is 2.48 bits per heavy atom. The number of benzene rings is 1. The Kier molecular flexibility index (Phi) is 4.74. The van der Waals surface area contributed by atoms with Gasteiger partial charge in [-0.05, 0) is 18.2 Å². The predicted molar refractivity (Wildman–Crippen MR) is 74.6 cm³/mol. The first-order chi connectivity index (χ1) is 10.6.